The molecule has 16 nitrogen and oxygen atoms in total. The van der Waals surface area contributed by atoms with E-state index in [-0.39, 0.29) is 36.0 Å². The lowest BCUT2D eigenvalue weighted by atomic mass is 10.0. The van der Waals surface area contributed by atoms with Crippen LogP contribution in [0.4, 0.5) is 11.4 Å². The number of aliphatic carboxylic acids is 2. The van der Waals surface area contributed by atoms with Gasteiger partial charge in [-0.3, -0.25) is 23.9 Å². The number of hydrogen-bond donors (Lipinski definition) is 9. The molecule has 10 N–H and O–H groups in total. The number of nitrogens with one attached hydrogen (secondary N) is 2. The van der Waals surface area contributed by atoms with Crippen molar-refractivity contribution in [2.75, 3.05) is 48.1 Å². The topological polar surface area (TPSA) is 277 Å². The van der Waals surface area contributed by atoms with Crippen molar-refractivity contribution in [1.82, 2.24) is 4.90 Å². The third-order valence-electron chi connectivity index (χ3n) is 7.40. The highest BCUT2D eigenvalue weighted by Gasteiger charge is 2.21. The molecule has 302 valence electrons. The van der Waals surface area contributed by atoms with Gasteiger partial charge in [-0.1, -0.05) is 36.4 Å². The molecule has 54 heavy (non-hydrogen) atoms. The number of phenolic OH excluding ortho intramolecular Hbond substituents is 2. The van der Waals surface area contributed by atoms with Crippen molar-refractivity contribution >= 4 is 43.4 Å². The van der Waals surface area contributed by atoms with Gasteiger partial charge in [0.15, 0.2) is 0 Å². The molecule has 0 heterocycles. The van der Waals surface area contributed by atoms with E-state index in [2.05, 4.69) is 33.7 Å². The number of rotatable bonds is 19. The molecular weight excluding hydrogens is 745 g/mol. The van der Waals surface area contributed by atoms with Crippen LogP contribution in [-0.2, 0) is 42.5 Å². The number of carbonyl (C=O) groups is 2. The zero-order valence-electron chi connectivity index (χ0n) is 31.0. The number of unbranched alkanes of at least 4 members (excludes halogenated alkanes) is 2. The van der Waals surface area contributed by atoms with Crippen molar-refractivity contribution in [3.05, 3.63) is 82.9 Å². The van der Waals surface area contributed by atoms with Crippen molar-refractivity contribution in [1.29, 1.82) is 0 Å². The number of aryl methyl sites for hydroxylation is 2. The van der Waals surface area contributed by atoms with Gasteiger partial charge in [0, 0.05) is 26.9 Å². The molecule has 0 fully saturated rings. The Morgan fingerprint density at radius 1 is 0.667 bits per heavy atom. The second kappa shape index (κ2) is 23.4. The van der Waals surface area contributed by atoms with E-state index in [1.54, 1.807) is 0 Å². The average Bonchev–Trinajstić information content (AvgIpc) is 3.04. The van der Waals surface area contributed by atoms with Gasteiger partial charge in [0.2, 0.25) is 20.0 Å². The maximum absolute atomic E-state index is 11.7. The number of anilines is 2. The summed E-state index contributed by atoms with van der Waals surface area (Å²) in [7, 11) is -7.35. The molecule has 2 atom stereocenters. The number of carboxylic acids is 2. The SMILES string of the molecule is CC(=O)O.CC(=O)O.CS(=O)(=O)Nc1cc([C@@H](O)CN(CCCCc2ccc(CCCCN)cc2)C[C@H](O)c2ccc(O)c(NS(C)(=O)=O)c2)ccc1O. The van der Waals surface area contributed by atoms with E-state index in [0.717, 1.165) is 64.9 Å². The van der Waals surface area contributed by atoms with Crippen LogP contribution in [0, 0.1) is 0 Å². The fraction of sp³-hybridized carbons (Fsp3) is 0.444. The van der Waals surface area contributed by atoms with Gasteiger partial charge in [0.25, 0.3) is 11.9 Å². The lowest BCUT2D eigenvalue weighted by Crippen LogP contribution is -2.33. The standard InChI is InChI=1S/C32H46N4O8S2.2C2H4O2/c1-45(41,42)34-27-19-25(13-15-29(27)37)31(39)21-36(18-6-4-8-24-11-9-23(10-12-24)7-3-5-17-33)22-32(40)26-14-16-30(38)28(20-26)35-46(2,43)44;2*1-2(3)4/h9-16,19-20,31-32,34-35,37-40H,3-8,17-18,21-22,33H2,1-2H3;2*1H3,(H,3,4)/t31-,32-;;/m0../s1. The monoisotopic (exact) mass is 798 g/mol. The number of hydrogen-bond acceptors (Lipinski definition) is 12. The summed E-state index contributed by atoms with van der Waals surface area (Å²) >= 11 is 0. The number of carboxylic acid groups (broad SMARTS) is 2. The zero-order chi connectivity index (χ0) is 41.1. The summed E-state index contributed by atoms with van der Waals surface area (Å²) in [6.07, 6.45) is 5.21. The maximum atomic E-state index is 11.7. The van der Waals surface area contributed by atoms with Gasteiger partial charge in [-0.2, -0.15) is 0 Å². The highest BCUT2D eigenvalue weighted by molar-refractivity contribution is 7.92. The summed E-state index contributed by atoms with van der Waals surface area (Å²) in [6.45, 7) is 3.51. The van der Waals surface area contributed by atoms with Crippen LogP contribution in [0.3, 0.4) is 0 Å². The molecule has 18 heteroatoms. The van der Waals surface area contributed by atoms with E-state index in [1.165, 1.54) is 47.5 Å². The summed E-state index contributed by atoms with van der Waals surface area (Å²) in [5.74, 6) is -2.24. The summed E-state index contributed by atoms with van der Waals surface area (Å²) in [5.41, 5.74) is 8.66. The molecule has 3 aromatic rings. The maximum Gasteiger partial charge on any atom is 0.300 e. The number of nitrogens with two attached hydrogens (primary N) is 1. The first-order valence-corrected chi connectivity index (χ1v) is 20.7. The number of sulfonamides is 2. The van der Waals surface area contributed by atoms with Crippen molar-refractivity contribution < 1.29 is 57.1 Å². The fourth-order valence-corrected chi connectivity index (χ4v) is 6.18. The molecule has 3 rings (SSSR count). The van der Waals surface area contributed by atoms with E-state index in [0.29, 0.717) is 24.2 Å². The molecular formula is C36H54N4O12S2. The van der Waals surface area contributed by atoms with Crippen molar-refractivity contribution in [3.63, 3.8) is 0 Å². The van der Waals surface area contributed by atoms with Crippen LogP contribution < -0.4 is 15.2 Å². The third kappa shape index (κ3) is 21.3. The number of aliphatic hydroxyl groups is 2. The predicted octanol–water partition coefficient (Wildman–Crippen LogP) is 3.40. The second-order valence-corrected chi connectivity index (χ2v) is 16.1. The molecule has 0 saturated carbocycles. The zero-order valence-corrected chi connectivity index (χ0v) is 32.6. The number of phenols is 2. The Morgan fingerprint density at radius 2 is 1.02 bits per heavy atom. The number of aliphatic hydroxyl groups excluding tert-OH is 2. The van der Waals surface area contributed by atoms with Crippen LogP contribution in [0.1, 0.15) is 74.0 Å². The fourth-order valence-electron chi connectivity index (χ4n) is 5.05. The molecule has 0 spiro atoms. The van der Waals surface area contributed by atoms with E-state index >= 15 is 0 Å². The van der Waals surface area contributed by atoms with Crippen LogP contribution in [0.5, 0.6) is 11.5 Å². The van der Waals surface area contributed by atoms with Gasteiger partial charge in [-0.15, -0.1) is 0 Å². The van der Waals surface area contributed by atoms with Gasteiger partial charge in [0.1, 0.15) is 11.5 Å². The molecule has 0 aliphatic rings. The Morgan fingerprint density at radius 3 is 1.35 bits per heavy atom. The summed E-state index contributed by atoms with van der Waals surface area (Å²) in [4.78, 5) is 19.9. The Hall–Kier alpha value is -4.46. The molecule has 0 amide bonds. The lowest BCUT2D eigenvalue weighted by Gasteiger charge is -2.28. The first-order chi connectivity index (χ1) is 25.1. The first kappa shape index (κ1) is 47.6. The number of aromatic hydroxyl groups is 2. The number of benzene rings is 3. The van der Waals surface area contributed by atoms with Crippen molar-refractivity contribution in [2.45, 2.75) is 64.6 Å². The van der Waals surface area contributed by atoms with E-state index in [9.17, 15) is 37.3 Å². The predicted molar refractivity (Wildman–Crippen MR) is 207 cm³/mol. The molecule has 0 unspecified atom stereocenters. The van der Waals surface area contributed by atoms with Gasteiger partial charge in [-0.05, 0) is 98.1 Å². The highest BCUT2D eigenvalue weighted by atomic mass is 32.2. The third-order valence-corrected chi connectivity index (χ3v) is 8.58. The van der Waals surface area contributed by atoms with Crippen molar-refractivity contribution in [2.24, 2.45) is 5.73 Å². The first-order valence-electron chi connectivity index (χ1n) is 17.0. The highest BCUT2D eigenvalue weighted by Crippen LogP contribution is 2.30. The van der Waals surface area contributed by atoms with Gasteiger partial charge in [-0.25, -0.2) is 16.8 Å². The summed E-state index contributed by atoms with van der Waals surface area (Å²) in [6, 6.07) is 16.8. The van der Waals surface area contributed by atoms with Crippen molar-refractivity contribution in [3.8, 4) is 11.5 Å². The van der Waals surface area contributed by atoms with Gasteiger partial charge >= 0.3 is 0 Å². The Balaban J connectivity index is 0.00000165. The molecule has 0 radical (unpaired) electrons. The molecule has 3 aromatic carbocycles. The normalized spacial score (nSPS) is 12.4. The van der Waals surface area contributed by atoms with E-state index < -0.39 is 44.2 Å². The minimum absolute atomic E-state index is 0.0639. The Kier molecular flexibility index (Phi) is 20.6. The van der Waals surface area contributed by atoms with Crippen LogP contribution >= 0.6 is 0 Å². The van der Waals surface area contributed by atoms with E-state index in [1.807, 2.05) is 4.90 Å². The van der Waals surface area contributed by atoms with Crippen LogP contribution in [0.25, 0.3) is 0 Å². The average molecular weight is 799 g/mol. The minimum Gasteiger partial charge on any atom is -0.506 e. The number of nitrogens with zero attached hydrogens (tertiary/aromatic N) is 1. The molecule has 0 aliphatic carbocycles. The van der Waals surface area contributed by atoms with E-state index in [4.69, 9.17) is 25.5 Å². The Bertz CT molecular complexity index is 1730. The van der Waals surface area contributed by atoms with Crippen LogP contribution in [0.15, 0.2) is 60.7 Å². The minimum atomic E-state index is -3.68. The second-order valence-electron chi connectivity index (χ2n) is 12.7. The largest absolute Gasteiger partial charge is 0.506 e. The summed E-state index contributed by atoms with van der Waals surface area (Å²) < 4.78 is 51.4. The van der Waals surface area contributed by atoms with Gasteiger partial charge in [0.05, 0.1) is 36.1 Å². The molecule has 0 aromatic heterocycles. The smallest absolute Gasteiger partial charge is 0.300 e. The lowest BCUT2D eigenvalue weighted by molar-refractivity contribution is -0.135. The molecule has 0 bridgehead atoms. The summed E-state index contributed by atoms with van der Waals surface area (Å²) in [5, 5.41) is 57.3. The quantitative estimate of drug-likeness (QED) is 0.0621. The van der Waals surface area contributed by atoms with Crippen LogP contribution in [0.2, 0.25) is 0 Å². The Labute approximate surface area is 317 Å². The molecule has 0 saturated heterocycles. The van der Waals surface area contributed by atoms with Gasteiger partial charge < -0.3 is 36.4 Å². The molecule has 0 aliphatic heterocycles. The van der Waals surface area contributed by atoms with Crippen LogP contribution in [-0.4, -0.2) is 103 Å².